The van der Waals surface area contributed by atoms with Crippen molar-refractivity contribution in [3.8, 4) is 5.88 Å². The molecule has 1 rings (SSSR count). The van der Waals surface area contributed by atoms with Gasteiger partial charge >= 0.3 is 0 Å². The first-order valence-electron chi connectivity index (χ1n) is 6.70. The van der Waals surface area contributed by atoms with Crippen LogP contribution in [-0.2, 0) is 0 Å². The first-order valence-corrected chi connectivity index (χ1v) is 6.70. The van der Waals surface area contributed by atoms with Gasteiger partial charge in [0.1, 0.15) is 12.0 Å². The second-order valence-corrected chi connectivity index (χ2v) is 4.80. The fourth-order valence-corrected chi connectivity index (χ4v) is 1.70. The largest absolute Gasteiger partial charge is 0.476 e. The summed E-state index contributed by atoms with van der Waals surface area (Å²) in [5, 5.41) is 12.3. The van der Waals surface area contributed by atoms with Crippen molar-refractivity contribution in [3.63, 3.8) is 0 Å². The van der Waals surface area contributed by atoms with Gasteiger partial charge in [0.2, 0.25) is 5.88 Å². The fraction of sp³-hybridized carbons (Fsp3) is 0.692. The van der Waals surface area contributed by atoms with Gasteiger partial charge < -0.3 is 20.9 Å². The number of rotatable bonds is 8. The number of hydrogen-bond acceptors (Lipinski definition) is 6. The SMILES string of the molecule is CCCOc1ncnc(NC(CCO)C(C)C)c1N. The van der Waals surface area contributed by atoms with Gasteiger partial charge in [-0.3, -0.25) is 0 Å². The van der Waals surface area contributed by atoms with Gasteiger partial charge in [-0.05, 0) is 18.8 Å². The Hall–Kier alpha value is -1.56. The highest BCUT2D eigenvalue weighted by molar-refractivity contribution is 5.66. The molecule has 0 bridgehead atoms. The zero-order valence-electron chi connectivity index (χ0n) is 11.9. The maximum Gasteiger partial charge on any atom is 0.242 e. The standard InChI is InChI=1S/C13H24N4O2/c1-4-7-19-13-11(14)12(15-8-16-13)17-10(5-6-18)9(2)3/h8-10,18H,4-7,14H2,1-3H3,(H,15,16,17). The molecule has 0 spiro atoms. The van der Waals surface area contributed by atoms with Crippen molar-refractivity contribution in [2.75, 3.05) is 24.3 Å². The molecule has 1 heterocycles. The first-order chi connectivity index (χ1) is 9.10. The van der Waals surface area contributed by atoms with Crippen molar-refractivity contribution in [1.29, 1.82) is 0 Å². The van der Waals surface area contributed by atoms with Gasteiger partial charge in [0.25, 0.3) is 0 Å². The van der Waals surface area contributed by atoms with Crippen molar-refractivity contribution in [2.45, 2.75) is 39.7 Å². The lowest BCUT2D eigenvalue weighted by Gasteiger charge is -2.23. The smallest absolute Gasteiger partial charge is 0.242 e. The van der Waals surface area contributed by atoms with Crippen LogP contribution in [0.3, 0.4) is 0 Å². The number of nitrogens with one attached hydrogen (secondary N) is 1. The Labute approximate surface area is 114 Å². The molecule has 0 aliphatic rings. The molecular formula is C13H24N4O2. The minimum atomic E-state index is 0.112. The van der Waals surface area contributed by atoms with Crippen LogP contribution in [0, 0.1) is 5.92 Å². The molecule has 0 saturated heterocycles. The molecule has 0 saturated carbocycles. The van der Waals surface area contributed by atoms with Crippen molar-refractivity contribution in [1.82, 2.24) is 9.97 Å². The minimum Gasteiger partial charge on any atom is -0.476 e. The zero-order chi connectivity index (χ0) is 14.3. The predicted molar refractivity (Wildman–Crippen MR) is 76.2 cm³/mol. The summed E-state index contributed by atoms with van der Waals surface area (Å²) in [5.74, 6) is 1.33. The van der Waals surface area contributed by atoms with Crippen LogP contribution in [0.15, 0.2) is 6.33 Å². The Balaban J connectivity index is 2.82. The number of hydrogen-bond donors (Lipinski definition) is 3. The molecule has 6 nitrogen and oxygen atoms in total. The maximum absolute atomic E-state index is 9.07. The number of aromatic nitrogens is 2. The molecule has 1 atom stereocenters. The second kappa shape index (κ2) is 7.78. The molecule has 1 unspecified atom stereocenters. The van der Waals surface area contributed by atoms with E-state index in [1.165, 1.54) is 6.33 Å². The predicted octanol–water partition coefficient (Wildman–Crippen LogP) is 1.67. The molecule has 108 valence electrons. The van der Waals surface area contributed by atoms with E-state index < -0.39 is 0 Å². The monoisotopic (exact) mass is 268 g/mol. The normalized spacial score (nSPS) is 12.5. The summed E-state index contributed by atoms with van der Waals surface area (Å²) in [6.45, 7) is 6.88. The molecule has 6 heteroatoms. The second-order valence-electron chi connectivity index (χ2n) is 4.80. The topological polar surface area (TPSA) is 93.3 Å². The van der Waals surface area contributed by atoms with Gasteiger partial charge in [-0.1, -0.05) is 20.8 Å². The third-order valence-electron chi connectivity index (χ3n) is 2.86. The summed E-state index contributed by atoms with van der Waals surface area (Å²) in [5.41, 5.74) is 6.41. The zero-order valence-corrected chi connectivity index (χ0v) is 11.9. The highest BCUT2D eigenvalue weighted by Crippen LogP contribution is 2.26. The lowest BCUT2D eigenvalue weighted by molar-refractivity contribution is 0.267. The molecule has 0 radical (unpaired) electrons. The van der Waals surface area contributed by atoms with Gasteiger partial charge in [0, 0.05) is 12.6 Å². The molecule has 1 aromatic heterocycles. The Kier molecular flexibility index (Phi) is 6.35. The van der Waals surface area contributed by atoms with E-state index in [2.05, 4.69) is 29.1 Å². The molecule has 1 aromatic rings. The minimum absolute atomic E-state index is 0.112. The summed E-state index contributed by atoms with van der Waals surface area (Å²) in [7, 11) is 0. The van der Waals surface area contributed by atoms with E-state index in [4.69, 9.17) is 15.6 Å². The van der Waals surface area contributed by atoms with Crippen LogP contribution in [-0.4, -0.2) is 34.3 Å². The summed E-state index contributed by atoms with van der Waals surface area (Å²) < 4.78 is 5.46. The van der Waals surface area contributed by atoms with Crippen molar-refractivity contribution >= 4 is 11.5 Å². The van der Waals surface area contributed by atoms with Crippen LogP contribution >= 0.6 is 0 Å². The molecule has 19 heavy (non-hydrogen) atoms. The van der Waals surface area contributed by atoms with Gasteiger partial charge in [0.05, 0.1) is 6.61 Å². The summed E-state index contributed by atoms with van der Waals surface area (Å²) in [6, 6.07) is 0.112. The van der Waals surface area contributed by atoms with Crippen LogP contribution in [0.1, 0.15) is 33.6 Å². The van der Waals surface area contributed by atoms with E-state index in [1.54, 1.807) is 0 Å². The number of aliphatic hydroxyl groups is 1. The quantitative estimate of drug-likeness (QED) is 0.664. The Morgan fingerprint density at radius 2 is 2.16 bits per heavy atom. The first kappa shape index (κ1) is 15.5. The van der Waals surface area contributed by atoms with Gasteiger partial charge in [-0.15, -0.1) is 0 Å². The molecule has 0 fully saturated rings. The molecule has 0 amide bonds. The van der Waals surface area contributed by atoms with Crippen molar-refractivity contribution in [2.24, 2.45) is 5.92 Å². The fourth-order valence-electron chi connectivity index (χ4n) is 1.70. The number of nitrogen functional groups attached to an aromatic ring is 1. The van der Waals surface area contributed by atoms with Crippen molar-refractivity contribution in [3.05, 3.63) is 6.33 Å². The summed E-state index contributed by atoms with van der Waals surface area (Å²) >= 11 is 0. The molecule has 0 aliphatic carbocycles. The number of nitrogens with zero attached hydrogens (tertiary/aromatic N) is 2. The van der Waals surface area contributed by atoms with E-state index in [0.29, 0.717) is 36.3 Å². The maximum atomic E-state index is 9.07. The van der Waals surface area contributed by atoms with Gasteiger partial charge in [-0.25, -0.2) is 4.98 Å². The Morgan fingerprint density at radius 1 is 1.42 bits per heavy atom. The van der Waals surface area contributed by atoms with E-state index in [0.717, 1.165) is 6.42 Å². The lowest BCUT2D eigenvalue weighted by atomic mass is 10.0. The average molecular weight is 268 g/mol. The number of aliphatic hydroxyl groups excluding tert-OH is 1. The third kappa shape index (κ3) is 4.55. The number of anilines is 2. The highest BCUT2D eigenvalue weighted by atomic mass is 16.5. The number of ether oxygens (including phenoxy) is 1. The van der Waals surface area contributed by atoms with E-state index in [1.807, 2.05) is 6.92 Å². The van der Waals surface area contributed by atoms with Crippen LogP contribution in [0.2, 0.25) is 0 Å². The van der Waals surface area contributed by atoms with Crippen LogP contribution in [0.5, 0.6) is 5.88 Å². The van der Waals surface area contributed by atoms with E-state index >= 15 is 0 Å². The molecule has 4 N–H and O–H groups in total. The van der Waals surface area contributed by atoms with Crippen LogP contribution in [0.25, 0.3) is 0 Å². The van der Waals surface area contributed by atoms with Crippen LogP contribution < -0.4 is 15.8 Å². The molecule has 0 aliphatic heterocycles. The molecule has 0 aromatic carbocycles. The highest BCUT2D eigenvalue weighted by Gasteiger charge is 2.16. The lowest BCUT2D eigenvalue weighted by Crippen LogP contribution is -2.28. The number of nitrogens with two attached hydrogens (primary N) is 1. The Bertz CT molecular complexity index is 385. The Morgan fingerprint density at radius 3 is 2.74 bits per heavy atom. The van der Waals surface area contributed by atoms with Gasteiger partial charge in [0.15, 0.2) is 5.82 Å². The van der Waals surface area contributed by atoms with Crippen molar-refractivity contribution < 1.29 is 9.84 Å². The average Bonchev–Trinajstić information content (AvgIpc) is 2.38. The van der Waals surface area contributed by atoms with E-state index in [9.17, 15) is 0 Å². The van der Waals surface area contributed by atoms with E-state index in [-0.39, 0.29) is 12.6 Å². The van der Waals surface area contributed by atoms with Crippen LogP contribution in [0.4, 0.5) is 11.5 Å². The van der Waals surface area contributed by atoms with Gasteiger partial charge in [-0.2, -0.15) is 4.98 Å². The summed E-state index contributed by atoms with van der Waals surface area (Å²) in [6.07, 6.45) is 2.97. The summed E-state index contributed by atoms with van der Waals surface area (Å²) in [4.78, 5) is 8.17. The third-order valence-corrected chi connectivity index (χ3v) is 2.86. The molecular weight excluding hydrogens is 244 g/mol.